The van der Waals surface area contributed by atoms with E-state index in [1.54, 1.807) is 0 Å². The second-order valence-corrected chi connectivity index (χ2v) is 8.55. The lowest BCUT2D eigenvalue weighted by Gasteiger charge is -2.41. The van der Waals surface area contributed by atoms with Gasteiger partial charge in [0.2, 0.25) is 0 Å². The molecule has 6 heteroatoms. The molecule has 2 aliphatic heterocycles. The first-order valence-electron chi connectivity index (χ1n) is 10.0. The van der Waals surface area contributed by atoms with Gasteiger partial charge in [0, 0.05) is 38.3 Å². The smallest absolute Gasteiger partial charge is 0.191 e. The van der Waals surface area contributed by atoms with Crippen LogP contribution < -0.4 is 10.6 Å². The van der Waals surface area contributed by atoms with Crippen LogP contribution in [0.2, 0.25) is 0 Å². The average Bonchev–Trinajstić information content (AvgIpc) is 3.34. The number of halogens is 1. The van der Waals surface area contributed by atoms with Gasteiger partial charge >= 0.3 is 0 Å². The molecule has 0 aromatic rings. The molecule has 1 atom stereocenters. The van der Waals surface area contributed by atoms with Crippen LogP contribution in [0.5, 0.6) is 0 Å². The van der Waals surface area contributed by atoms with Crippen molar-refractivity contribution in [3.63, 3.8) is 0 Å². The van der Waals surface area contributed by atoms with E-state index in [1.807, 2.05) is 7.05 Å². The highest BCUT2D eigenvalue weighted by molar-refractivity contribution is 14.0. The van der Waals surface area contributed by atoms with Crippen molar-refractivity contribution in [2.24, 2.45) is 10.9 Å². The summed E-state index contributed by atoms with van der Waals surface area (Å²) < 4.78 is 0. The summed E-state index contributed by atoms with van der Waals surface area (Å²) >= 11 is 0. The Morgan fingerprint density at radius 3 is 2.40 bits per heavy atom. The molecule has 0 aromatic carbocycles. The van der Waals surface area contributed by atoms with E-state index in [1.165, 1.54) is 64.7 Å². The van der Waals surface area contributed by atoms with Gasteiger partial charge in [-0.2, -0.15) is 0 Å². The first-order chi connectivity index (χ1) is 11.6. The van der Waals surface area contributed by atoms with E-state index >= 15 is 0 Å². The zero-order valence-corrected chi connectivity index (χ0v) is 18.7. The largest absolute Gasteiger partial charge is 0.356 e. The molecule has 0 bridgehead atoms. The lowest BCUT2D eigenvalue weighted by molar-refractivity contribution is 0.0982. The van der Waals surface area contributed by atoms with E-state index in [9.17, 15) is 0 Å². The molecular formula is C19H38IN5. The van der Waals surface area contributed by atoms with Crippen molar-refractivity contribution >= 4 is 29.9 Å². The average molecular weight is 463 g/mol. The molecule has 146 valence electrons. The molecular weight excluding hydrogens is 425 g/mol. The second-order valence-electron chi connectivity index (χ2n) is 8.55. The van der Waals surface area contributed by atoms with Crippen LogP contribution in [0.3, 0.4) is 0 Å². The minimum atomic E-state index is 0. The number of hydrogen-bond donors (Lipinski definition) is 2. The minimum absolute atomic E-state index is 0. The summed E-state index contributed by atoms with van der Waals surface area (Å²) in [5.41, 5.74) is 0.189. The van der Waals surface area contributed by atoms with Gasteiger partial charge < -0.3 is 15.5 Å². The lowest BCUT2D eigenvalue weighted by Crippen LogP contribution is -2.55. The van der Waals surface area contributed by atoms with Crippen LogP contribution >= 0.6 is 24.0 Å². The molecule has 3 rings (SSSR count). The van der Waals surface area contributed by atoms with Crippen LogP contribution in [-0.2, 0) is 0 Å². The summed E-state index contributed by atoms with van der Waals surface area (Å²) in [6.07, 6.45) is 8.26. The fraction of sp³-hybridized carbons (Fsp3) is 0.947. The van der Waals surface area contributed by atoms with E-state index in [4.69, 9.17) is 0 Å². The van der Waals surface area contributed by atoms with Gasteiger partial charge in [-0.15, -0.1) is 24.0 Å². The van der Waals surface area contributed by atoms with Crippen LogP contribution in [0.1, 0.15) is 52.4 Å². The van der Waals surface area contributed by atoms with Gasteiger partial charge in [-0.3, -0.25) is 9.89 Å². The SMILES string of the molecule is CN=C(NCC1CCN(C2CC2)C1)NCC(C)(C)N1CCCCC1.I. The first-order valence-corrected chi connectivity index (χ1v) is 10.0. The maximum atomic E-state index is 4.43. The number of rotatable bonds is 6. The molecule has 2 heterocycles. The summed E-state index contributed by atoms with van der Waals surface area (Å²) in [6.45, 7) is 11.7. The minimum Gasteiger partial charge on any atom is -0.356 e. The van der Waals surface area contributed by atoms with Gasteiger partial charge in [-0.05, 0) is 71.5 Å². The van der Waals surface area contributed by atoms with Gasteiger partial charge in [-0.25, -0.2) is 0 Å². The van der Waals surface area contributed by atoms with Gasteiger partial charge in [0.05, 0.1) is 0 Å². The topological polar surface area (TPSA) is 42.9 Å². The summed E-state index contributed by atoms with van der Waals surface area (Å²) in [5.74, 6) is 1.74. The molecule has 0 amide bonds. The highest BCUT2D eigenvalue weighted by atomic mass is 127. The van der Waals surface area contributed by atoms with Crippen molar-refractivity contribution in [1.82, 2.24) is 20.4 Å². The molecule has 0 aromatic heterocycles. The fourth-order valence-electron chi connectivity index (χ4n) is 4.17. The Bertz CT molecular complexity index is 430. The van der Waals surface area contributed by atoms with E-state index in [0.29, 0.717) is 0 Å². The number of nitrogens with one attached hydrogen (secondary N) is 2. The quantitative estimate of drug-likeness (QED) is 0.361. The van der Waals surface area contributed by atoms with E-state index in [2.05, 4.69) is 39.3 Å². The molecule has 1 unspecified atom stereocenters. The van der Waals surface area contributed by atoms with Crippen LogP contribution in [0.25, 0.3) is 0 Å². The van der Waals surface area contributed by atoms with E-state index < -0.39 is 0 Å². The van der Waals surface area contributed by atoms with Crippen LogP contribution in [0.4, 0.5) is 0 Å². The van der Waals surface area contributed by atoms with Crippen molar-refractivity contribution < 1.29 is 0 Å². The van der Waals surface area contributed by atoms with Gasteiger partial charge in [0.1, 0.15) is 0 Å². The van der Waals surface area contributed by atoms with E-state index in [-0.39, 0.29) is 29.5 Å². The molecule has 2 saturated heterocycles. The number of piperidine rings is 1. The van der Waals surface area contributed by atoms with Crippen molar-refractivity contribution in [2.75, 3.05) is 46.3 Å². The van der Waals surface area contributed by atoms with E-state index in [0.717, 1.165) is 31.0 Å². The molecule has 1 aliphatic carbocycles. The Labute approximate surface area is 171 Å². The Kier molecular flexibility index (Phi) is 8.27. The van der Waals surface area contributed by atoms with Crippen LogP contribution in [0, 0.1) is 5.92 Å². The third-order valence-electron chi connectivity index (χ3n) is 6.06. The number of likely N-dealkylation sites (tertiary alicyclic amines) is 2. The zero-order chi connectivity index (χ0) is 17.0. The summed E-state index contributed by atoms with van der Waals surface area (Å²) in [7, 11) is 1.88. The molecule has 25 heavy (non-hydrogen) atoms. The Morgan fingerprint density at radius 1 is 1.04 bits per heavy atom. The highest BCUT2D eigenvalue weighted by Crippen LogP contribution is 2.31. The molecule has 0 spiro atoms. The highest BCUT2D eigenvalue weighted by Gasteiger charge is 2.34. The maximum Gasteiger partial charge on any atom is 0.191 e. The molecule has 5 nitrogen and oxygen atoms in total. The molecule has 0 radical (unpaired) electrons. The van der Waals surface area contributed by atoms with Crippen LogP contribution in [0.15, 0.2) is 4.99 Å². The Hall–Kier alpha value is -0.0800. The normalized spacial score (nSPS) is 26.4. The summed E-state index contributed by atoms with van der Waals surface area (Å²) in [4.78, 5) is 9.73. The van der Waals surface area contributed by atoms with Crippen molar-refractivity contribution in [3.8, 4) is 0 Å². The Balaban J connectivity index is 0.00000225. The molecule has 3 fully saturated rings. The maximum absolute atomic E-state index is 4.43. The Morgan fingerprint density at radius 2 is 1.76 bits per heavy atom. The molecule has 1 saturated carbocycles. The molecule has 2 N–H and O–H groups in total. The van der Waals surface area contributed by atoms with Crippen molar-refractivity contribution in [1.29, 1.82) is 0 Å². The number of nitrogens with zero attached hydrogens (tertiary/aromatic N) is 3. The van der Waals surface area contributed by atoms with Crippen LogP contribution in [-0.4, -0.2) is 73.7 Å². The summed E-state index contributed by atoms with van der Waals surface area (Å²) in [6, 6.07) is 0.915. The fourth-order valence-corrected chi connectivity index (χ4v) is 4.17. The third kappa shape index (κ3) is 6.24. The predicted molar refractivity (Wildman–Crippen MR) is 117 cm³/mol. The number of aliphatic imine (C=N–C) groups is 1. The first kappa shape index (κ1) is 21.2. The molecule has 3 aliphatic rings. The van der Waals surface area contributed by atoms with Gasteiger partial charge in [0.15, 0.2) is 5.96 Å². The summed E-state index contributed by atoms with van der Waals surface area (Å²) in [5, 5.41) is 7.12. The van der Waals surface area contributed by atoms with Crippen molar-refractivity contribution in [3.05, 3.63) is 0 Å². The number of guanidine groups is 1. The van der Waals surface area contributed by atoms with Gasteiger partial charge in [0.25, 0.3) is 0 Å². The zero-order valence-electron chi connectivity index (χ0n) is 16.4. The third-order valence-corrected chi connectivity index (χ3v) is 6.06. The standard InChI is InChI=1S/C19H37N5.HI/c1-19(2,24-10-5-4-6-11-24)15-22-18(20-3)21-13-16-9-12-23(14-16)17-7-8-17;/h16-17H,4-15H2,1-3H3,(H2,20,21,22);1H. The monoisotopic (exact) mass is 463 g/mol. The van der Waals surface area contributed by atoms with Crippen molar-refractivity contribution in [2.45, 2.75) is 64.0 Å². The lowest BCUT2D eigenvalue weighted by atomic mass is 9.98. The predicted octanol–water partition coefficient (Wildman–Crippen LogP) is 2.52. The van der Waals surface area contributed by atoms with Gasteiger partial charge in [-0.1, -0.05) is 6.42 Å². The second kappa shape index (κ2) is 9.74. The number of hydrogen-bond acceptors (Lipinski definition) is 3.